The van der Waals surface area contributed by atoms with Crippen LogP contribution in [0.2, 0.25) is 5.02 Å². The van der Waals surface area contributed by atoms with Crippen LogP contribution in [0.15, 0.2) is 54.6 Å². The minimum Gasteiger partial charge on any atom is -0.465 e. The fraction of sp³-hybridized carbons (Fsp3) is 0.100. The van der Waals surface area contributed by atoms with E-state index in [-0.39, 0.29) is 11.6 Å². The maximum Gasteiger partial charge on any atom is 0.337 e. The van der Waals surface area contributed by atoms with Crippen molar-refractivity contribution in [3.8, 4) is 0 Å². The van der Waals surface area contributed by atoms with Crippen molar-refractivity contribution < 1.29 is 14.3 Å². The molecule has 0 fully saturated rings. The van der Waals surface area contributed by atoms with E-state index in [0.29, 0.717) is 33.6 Å². The first-order valence-electron chi connectivity index (χ1n) is 8.32. The van der Waals surface area contributed by atoms with Gasteiger partial charge in [-0.1, -0.05) is 11.6 Å². The normalized spacial score (nSPS) is 10.2. The summed E-state index contributed by atoms with van der Waals surface area (Å²) >= 11 is 5.85. The second kappa shape index (κ2) is 8.49. The van der Waals surface area contributed by atoms with Crippen molar-refractivity contribution in [3.05, 3.63) is 76.7 Å². The van der Waals surface area contributed by atoms with Gasteiger partial charge in [-0.05, 0) is 55.5 Å². The molecule has 0 aliphatic heterocycles. The van der Waals surface area contributed by atoms with E-state index in [2.05, 4.69) is 25.3 Å². The summed E-state index contributed by atoms with van der Waals surface area (Å²) in [6.07, 6.45) is 0. The van der Waals surface area contributed by atoms with Gasteiger partial charge in [-0.15, -0.1) is 0 Å². The standard InChI is InChI=1S/C20H17ClN4O3/c1-12-22-17(19(26)25-16-9-5-14(21)6-10-16)11-18(23-12)24-15-7-3-13(4-8-15)20(27)28-2/h3-11H,1-2H3,(H,25,26)(H,22,23,24). The van der Waals surface area contributed by atoms with Crippen LogP contribution in [0.4, 0.5) is 17.2 Å². The summed E-state index contributed by atoms with van der Waals surface area (Å²) < 4.78 is 4.68. The molecule has 2 aromatic carbocycles. The summed E-state index contributed by atoms with van der Waals surface area (Å²) in [4.78, 5) is 32.5. The lowest BCUT2D eigenvalue weighted by atomic mass is 10.2. The van der Waals surface area contributed by atoms with Gasteiger partial charge in [-0.3, -0.25) is 4.79 Å². The van der Waals surface area contributed by atoms with Gasteiger partial charge in [0, 0.05) is 22.5 Å². The molecule has 3 aromatic rings. The van der Waals surface area contributed by atoms with Crippen LogP contribution < -0.4 is 10.6 Å². The zero-order valence-corrected chi connectivity index (χ0v) is 15.9. The Kier molecular flexibility index (Phi) is 5.86. The average Bonchev–Trinajstić information content (AvgIpc) is 2.69. The molecule has 28 heavy (non-hydrogen) atoms. The van der Waals surface area contributed by atoms with Crippen molar-refractivity contribution in [1.82, 2.24) is 9.97 Å². The Morgan fingerprint density at radius 2 is 1.61 bits per heavy atom. The van der Waals surface area contributed by atoms with E-state index in [9.17, 15) is 9.59 Å². The van der Waals surface area contributed by atoms with Crippen LogP contribution in [0.25, 0.3) is 0 Å². The summed E-state index contributed by atoms with van der Waals surface area (Å²) in [7, 11) is 1.33. The number of hydrogen-bond acceptors (Lipinski definition) is 6. The molecule has 0 unspecified atom stereocenters. The number of carbonyl (C=O) groups is 2. The number of aryl methyl sites for hydroxylation is 1. The van der Waals surface area contributed by atoms with Gasteiger partial charge < -0.3 is 15.4 Å². The Balaban J connectivity index is 1.76. The Labute approximate surface area is 166 Å². The van der Waals surface area contributed by atoms with E-state index in [4.69, 9.17) is 11.6 Å². The number of amides is 1. The Morgan fingerprint density at radius 1 is 0.964 bits per heavy atom. The van der Waals surface area contributed by atoms with Gasteiger partial charge in [0.2, 0.25) is 0 Å². The number of hydrogen-bond donors (Lipinski definition) is 2. The molecular formula is C20H17ClN4O3. The lowest BCUT2D eigenvalue weighted by Gasteiger charge is -2.10. The molecule has 0 spiro atoms. The molecule has 8 heteroatoms. The molecule has 0 atom stereocenters. The van der Waals surface area contributed by atoms with Crippen LogP contribution in [-0.2, 0) is 4.74 Å². The molecule has 0 radical (unpaired) electrons. The van der Waals surface area contributed by atoms with Crippen LogP contribution in [0.3, 0.4) is 0 Å². The van der Waals surface area contributed by atoms with E-state index in [1.54, 1.807) is 61.5 Å². The van der Waals surface area contributed by atoms with Crippen molar-refractivity contribution in [2.24, 2.45) is 0 Å². The molecule has 1 amide bonds. The number of rotatable bonds is 5. The molecule has 2 N–H and O–H groups in total. The zero-order chi connectivity index (χ0) is 20.1. The highest BCUT2D eigenvalue weighted by Crippen LogP contribution is 2.18. The highest BCUT2D eigenvalue weighted by Gasteiger charge is 2.12. The molecule has 7 nitrogen and oxygen atoms in total. The minimum atomic E-state index is -0.411. The minimum absolute atomic E-state index is 0.219. The fourth-order valence-electron chi connectivity index (χ4n) is 2.43. The lowest BCUT2D eigenvalue weighted by Crippen LogP contribution is -2.15. The Morgan fingerprint density at radius 3 is 2.25 bits per heavy atom. The van der Waals surface area contributed by atoms with Crippen LogP contribution in [0.1, 0.15) is 26.7 Å². The topological polar surface area (TPSA) is 93.2 Å². The zero-order valence-electron chi connectivity index (χ0n) is 15.2. The van der Waals surface area contributed by atoms with Crippen LogP contribution >= 0.6 is 11.6 Å². The monoisotopic (exact) mass is 396 g/mol. The van der Waals surface area contributed by atoms with Gasteiger partial charge >= 0.3 is 5.97 Å². The Bertz CT molecular complexity index is 1000. The first kappa shape index (κ1) is 19.3. The number of methoxy groups -OCH3 is 1. The molecule has 142 valence electrons. The number of nitrogens with one attached hydrogen (secondary N) is 2. The number of nitrogens with zero attached hydrogens (tertiary/aromatic N) is 2. The number of aromatic nitrogens is 2. The summed E-state index contributed by atoms with van der Waals surface area (Å²) in [6.45, 7) is 1.70. The lowest BCUT2D eigenvalue weighted by molar-refractivity contribution is 0.0600. The van der Waals surface area contributed by atoms with Gasteiger partial charge in [-0.2, -0.15) is 0 Å². The fourth-order valence-corrected chi connectivity index (χ4v) is 2.56. The van der Waals surface area contributed by atoms with E-state index in [1.165, 1.54) is 7.11 Å². The summed E-state index contributed by atoms with van der Waals surface area (Å²) in [5, 5.41) is 6.44. The van der Waals surface area contributed by atoms with Gasteiger partial charge in [0.25, 0.3) is 5.91 Å². The van der Waals surface area contributed by atoms with E-state index in [0.717, 1.165) is 0 Å². The third-order valence-electron chi connectivity index (χ3n) is 3.75. The third-order valence-corrected chi connectivity index (χ3v) is 4.00. The van der Waals surface area contributed by atoms with E-state index >= 15 is 0 Å². The predicted octanol–water partition coefficient (Wildman–Crippen LogP) is 4.22. The van der Waals surface area contributed by atoms with Crippen LogP contribution in [0.5, 0.6) is 0 Å². The molecule has 3 rings (SSSR count). The van der Waals surface area contributed by atoms with Crippen molar-refractivity contribution in [2.75, 3.05) is 17.7 Å². The number of benzene rings is 2. The molecular weight excluding hydrogens is 380 g/mol. The van der Waals surface area contributed by atoms with Crippen molar-refractivity contribution in [1.29, 1.82) is 0 Å². The first-order valence-corrected chi connectivity index (χ1v) is 8.70. The average molecular weight is 397 g/mol. The number of anilines is 3. The number of ether oxygens (including phenoxy) is 1. The molecule has 0 bridgehead atoms. The highest BCUT2D eigenvalue weighted by molar-refractivity contribution is 6.30. The third kappa shape index (κ3) is 4.83. The van der Waals surface area contributed by atoms with Gasteiger partial charge in [-0.25, -0.2) is 14.8 Å². The van der Waals surface area contributed by atoms with Crippen LogP contribution in [-0.4, -0.2) is 29.0 Å². The van der Waals surface area contributed by atoms with Crippen LogP contribution in [0, 0.1) is 6.92 Å². The number of esters is 1. The quantitative estimate of drug-likeness (QED) is 0.627. The number of halogens is 1. The predicted molar refractivity (Wildman–Crippen MR) is 107 cm³/mol. The largest absolute Gasteiger partial charge is 0.465 e. The van der Waals surface area contributed by atoms with Gasteiger partial charge in [0.1, 0.15) is 17.3 Å². The SMILES string of the molecule is COC(=O)c1ccc(Nc2cc(C(=O)Nc3ccc(Cl)cc3)nc(C)n2)cc1. The van der Waals surface area contributed by atoms with Crippen molar-refractivity contribution in [3.63, 3.8) is 0 Å². The number of carbonyl (C=O) groups excluding carboxylic acids is 2. The summed E-state index contributed by atoms with van der Waals surface area (Å²) in [5.74, 6) is 0.125. The molecule has 1 aromatic heterocycles. The molecule has 0 saturated heterocycles. The first-order chi connectivity index (χ1) is 13.4. The second-order valence-corrected chi connectivity index (χ2v) is 6.28. The highest BCUT2D eigenvalue weighted by atomic mass is 35.5. The maximum atomic E-state index is 12.5. The molecule has 1 heterocycles. The van der Waals surface area contributed by atoms with Crippen molar-refractivity contribution >= 4 is 40.7 Å². The smallest absolute Gasteiger partial charge is 0.337 e. The van der Waals surface area contributed by atoms with Crippen molar-refractivity contribution in [2.45, 2.75) is 6.92 Å². The second-order valence-electron chi connectivity index (χ2n) is 5.84. The molecule has 0 aliphatic rings. The summed E-state index contributed by atoms with van der Waals surface area (Å²) in [5.41, 5.74) is 1.97. The van der Waals surface area contributed by atoms with Gasteiger partial charge in [0.05, 0.1) is 12.7 Å². The summed E-state index contributed by atoms with van der Waals surface area (Å²) in [6, 6.07) is 15.0. The Hall–Kier alpha value is -3.45. The van der Waals surface area contributed by atoms with E-state index < -0.39 is 5.97 Å². The molecule has 0 aliphatic carbocycles. The van der Waals surface area contributed by atoms with Gasteiger partial charge in [0.15, 0.2) is 0 Å². The molecule has 0 saturated carbocycles. The van der Waals surface area contributed by atoms with E-state index in [1.807, 2.05) is 0 Å². The maximum absolute atomic E-state index is 12.5.